The van der Waals surface area contributed by atoms with Crippen LogP contribution in [-0.4, -0.2) is 16.1 Å². The minimum absolute atomic E-state index is 0.226. The molecule has 7 heteroatoms. The first-order valence-corrected chi connectivity index (χ1v) is 7.75. The molecule has 116 valence electrons. The minimum Gasteiger partial charge on any atom is -0.388 e. The predicted octanol–water partition coefficient (Wildman–Crippen LogP) is 4.20. The topological polar surface area (TPSA) is 76.1 Å². The van der Waals surface area contributed by atoms with Gasteiger partial charge in [0, 0.05) is 11.9 Å². The highest BCUT2D eigenvalue weighted by molar-refractivity contribution is 7.14. The zero-order chi connectivity index (χ0) is 16.1. The Labute approximate surface area is 137 Å². The first-order chi connectivity index (χ1) is 11.2. The third-order valence-electron chi connectivity index (χ3n) is 2.91. The van der Waals surface area contributed by atoms with E-state index in [0.717, 1.165) is 11.3 Å². The molecule has 0 radical (unpaired) electrons. The van der Waals surface area contributed by atoms with Gasteiger partial charge in [0.2, 0.25) is 0 Å². The number of nitrogens with zero attached hydrogens (tertiary/aromatic N) is 2. The quantitative estimate of drug-likeness (QED) is 0.751. The van der Waals surface area contributed by atoms with Crippen LogP contribution in [-0.2, 0) is 0 Å². The van der Waals surface area contributed by atoms with Crippen molar-refractivity contribution in [1.29, 1.82) is 0 Å². The summed E-state index contributed by atoms with van der Waals surface area (Å²) in [6.07, 6.45) is 2.77. The van der Waals surface area contributed by atoms with Crippen LogP contribution in [0.1, 0.15) is 5.56 Å². The van der Waals surface area contributed by atoms with E-state index < -0.39 is 6.09 Å². The van der Waals surface area contributed by atoms with E-state index in [1.807, 2.05) is 37.3 Å². The highest BCUT2D eigenvalue weighted by Gasteiger charge is 2.13. The van der Waals surface area contributed by atoms with E-state index in [1.165, 1.54) is 11.3 Å². The van der Waals surface area contributed by atoms with Crippen LogP contribution in [0.25, 0.3) is 0 Å². The molecule has 1 amide bonds. The van der Waals surface area contributed by atoms with Crippen LogP contribution in [0, 0.1) is 6.92 Å². The first kappa shape index (κ1) is 15.0. The van der Waals surface area contributed by atoms with Crippen molar-refractivity contribution in [2.24, 2.45) is 0 Å². The summed E-state index contributed by atoms with van der Waals surface area (Å²) in [6, 6.07) is 11.1. The maximum Gasteiger partial charge on any atom is 0.418 e. The van der Waals surface area contributed by atoms with Gasteiger partial charge in [-0.3, -0.25) is 10.3 Å². The normalized spacial score (nSPS) is 10.1. The molecule has 2 N–H and O–H groups in total. The molecule has 6 nitrogen and oxygen atoms in total. The van der Waals surface area contributed by atoms with Gasteiger partial charge < -0.3 is 10.1 Å². The minimum atomic E-state index is -0.587. The number of carbonyl (C=O) groups excluding carboxylic acids is 1. The fourth-order valence-corrected chi connectivity index (χ4v) is 2.54. The van der Waals surface area contributed by atoms with E-state index in [1.54, 1.807) is 24.0 Å². The summed E-state index contributed by atoms with van der Waals surface area (Å²) in [5.74, 6) is 0.226. The Morgan fingerprint density at radius 1 is 1.22 bits per heavy atom. The van der Waals surface area contributed by atoms with Gasteiger partial charge in [-0.05, 0) is 36.8 Å². The number of hydrogen-bond acceptors (Lipinski definition) is 6. The molecule has 0 bridgehead atoms. The molecule has 0 aliphatic carbocycles. The maximum absolute atomic E-state index is 12.0. The van der Waals surface area contributed by atoms with Crippen LogP contribution in [0.3, 0.4) is 0 Å². The Hall–Kier alpha value is -2.93. The molecule has 0 saturated carbocycles. The van der Waals surface area contributed by atoms with Crippen LogP contribution in [0.4, 0.5) is 21.2 Å². The third-order valence-corrected chi connectivity index (χ3v) is 3.63. The smallest absolute Gasteiger partial charge is 0.388 e. The molecule has 3 aromatic rings. The summed E-state index contributed by atoms with van der Waals surface area (Å²) in [4.78, 5) is 20.1. The number of pyridine rings is 1. The second-order valence-electron chi connectivity index (χ2n) is 4.74. The highest BCUT2D eigenvalue weighted by atomic mass is 32.1. The third kappa shape index (κ3) is 4.04. The number of hydrogen-bond donors (Lipinski definition) is 2. The van der Waals surface area contributed by atoms with Gasteiger partial charge in [0.15, 0.2) is 5.00 Å². The number of nitrogens with one attached hydrogen (secondary N) is 2. The number of benzene rings is 1. The lowest BCUT2D eigenvalue weighted by atomic mass is 10.2. The van der Waals surface area contributed by atoms with E-state index in [4.69, 9.17) is 4.74 Å². The number of thiazole rings is 1. The van der Waals surface area contributed by atoms with Crippen LogP contribution in [0.5, 0.6) is 5.88 Å². The van der Waals surface area contributed by atoms with Crippen LogP contribution >= 0.6 is 11.3 Å². The first-order valence-electron chi connectivity index (χ1n) is 6.87. The molecular formula is C16H14N4O2S. The fraction of sp³-hybridized carbons (Fsp3) is 0.0625. The van der Waals surface area contributed by atoms with Crippen molar-refractivity contribution in [3.63, 3.8) is 0 Å². The summed E-state index contributed by atoms with van der Waals surface area (Å²) in [7, 11) is 0. The number of amides is 1. The zero-order valence-electron chi connectivity index (χ0n) is 12.3. The molecule has 2 aromatic heterocycles. The van der Waals surface area contributed by atoms with Crippen molar-refractivity contribution in [2.45, 2.75) is 6.92 Å². The van der Waals surface area contributed by atoms with E-state index >= 15 is 0 Å². The van der Waals surface area contributed by atoms with Crippen molar-refractivity contribution in [3.8, 4) is 5.88 Å². The zero-order valence-corrected chi connectivity index (χ0v) is 13.1. The molecule has 3 rings (SSSR count). The number of aryl methyl sites for hydroxylation is 1. The largest absolute Gasteiger partial charge is 0.418 e. The van der Waals surface area contributed by atoms with Crippen LogP contribution < -0.4 is 15.4 Å². The lowest BCUT2D eigenvalue weighted by Crippen LogP contribution is -2.17. The standard InChI is InChI=1S/C16H14N4O2S/c1-11-4-2-5-12(8-11)20-16(21)22-14-15(23-10-18-14)19-13-6-3-7-17-9-13/h2-10,19H,1H3,(H,20,21). The molecular weight excluding hydrogens is 312 g/mol. The monoisotopic (exact) mass is 326 g/mol. The van der Waals surface area contributed by atoms with E-state index in [-0.39, 0.29) is 5.88 Å². The van der Waals surface area contributed by atoms with Crippen molar-refractivity contribution >= 4 is 33.8 Å². The summed E-state index contributed by atoms with van der Waals surface area (Å²) in [5, 5.41) is 6.43. The van der Waals surface area contributed by atoms with Crippen molar-refractivity contribution in [3.05, 3.63) is 59.9 Å². The van der Waals surface area contributed by atoms with Gasteiger partial charge in [0.1, 0.15) is 0 Å². The highest BCUT2D eigenvalue weighted by Crippen LogP contribution is 2.30. The molecule has 0 atom stereocenters. The molecule has 0 spiro atoms. The molecule has 0 fully saturated rings. The van der Waals surface area contributed by atoms with E-state index in [9.17, 15) is 4.79 Å². The van der Waals surface area contributed by atoms with Crippen LogP contribution in [0.2, 0.25) is 0 Å². The SMILES string of the molecule is Cc1cccc(NC(=O)Oc2ncsc2Nc2cccnc2)c1. The summed E-state index contributed by atoms with van der Waals surface area (Å²) in [6.45, 7) is 1.95. The fourth-order valence-electron chi connectivity index (χ4n) is 1.91. The van der Waals surface area contributed by atoms with E-state index in [2.05, 4.69) is 20.6 Å². The van der Waals surface area contributed by atoms with Crippen molar-refractivity contribution in [2.75, 3.05) is 10.6 Å². The van der Waals surface area contributed by atoms with Gasteiger partial charge in [0.05, 0.1) is 17.4 Å². The Morgan fingerprint density at radius 2 is 2.09 bits per heavy atom. The molecule has 0 saturated heterocycles. The number of ether oxygens (including phenoxy) is 1. The van der Waals surface area contributed by atoms with Gasteiger partial charge >= 0.3 is 6.09 Å². The summed E-state index contributed by atoms with van der Waals surface area (Å²) >= 11 is 1.34. The van der Waals surface area contributed by atoms with Gasteiger partial charge in [-0.15, -0.1) is 11.3 Å². The summed E-state index contributed by atoms with van der Waals surface area (Å²) < 4.78 is 5.27. The Bertz CT molecular complexity index is 805. The Kier molecular flexibility index (Phi) is 4.49. The lowest BCUT2D eigenvalue weighted by molar-refractivity contribution is 0.214. The molecule has 1 aromatic carbocycles. The summed E-state index contributed by atoms with van der Waals surface area (Å²) in [5.41, 5.74) is 4.12. The second kappa shape index (κ2) is 6.89. The molecule has 2 heterocycles. The van der Waals surface area contributed by atoms with Gasteiger partial charge in [-0.25, -0.2) is 9.78 Å². The number of rotatable bonds is 4. The average molecular weight is 326 g/mol. The number of carbonyl (C=O) groups is 1. The Morgan fingerprint density at radius 3 is 2.87 bits per heavy atom. The van der Waals surface area contributed by atoms with Crippen molar-refractivity contribution < 1.29 is 9.53 Å². The maximum atomic E-state index is 12.0. The molecule has 0 aliphatic rings. The van der Waals surface area contributed by atoms with Gasteiger partial charge in [0.25, 0.3) is 5.88 Å². The molecule has 0 unspecified atom stereocenters. The number of anilines is 3. The van der Waals surface area contributed by atoms with Crippen molar-refractivity contribution in [1.82, 2.24) is 9.97 Å². The lowest BCUT2D eigenvalue weighted by Gasteiger charge is -2.08. The number of aromatic nitrogens is 2. The molecule has 23 heavy (non-hydrogen) atoms. The Balaban J connectivity index is 1.66. The van der Waals surface area contributed by atoms with Crippen LogP contribution in [0.15, 0.2) is 54.3 Å². The average Bonchev–Trinajstić information content (AvgIpc) is 2.95. The second-order valence-corrected chi connectivity index (χ2v) is 5.59. The molecule has 0 aliphatic heterocycles. The van der Waals surface area contributed by atoms with Gasteiger partial charge in [-0.1, -0.05) is 12.1 Å². The predicted molar refractivity (Wildman–Crippen MR) is 90.5 cm³/mol. The van der Waals surface area contributed by atoms with E-state index in [0.29, 0.717) is 10.7 Å². The van der Waals surface area contributed by atoms with Gasteiger partial charge in [-0.2, -0.15) is 0 Å².